The Morgan fingerprint density at radius 1 is 1.05 bits per heavy atom. The lowest BCUT2D eigenvalue weighted by Gasteiger charge is -2.10. The zero-order valence-electron chi connectivity index (χ0n) is 10.3. The molecule has 2 rings (SSSR count). The minimum absolute atomic E-state index is 0.000444. The van der Waals surface area contributed by atoms with Gasteiger partial charge in [-0.3, -0.25) is 0 Å². The SMILES string of the molecule is O=C(O)c1ccccc1NCc1cccc(CO)c1. The van der Waals surface area contributed by atoms with Crippen molar-refractivity contribution in [3.05, 3.63) is 65.2 Å². The Labute approximate surface area is 111 Å². The zero-order valence-corrected chi connectivity index (χ0v) is 10.3. The number of carboxylic acid groups (broad SMARTS) is 1. The smallest absolute Gasteiger partial charge is 0.337 e. The molecule has 0 unspecified atom stereocenters. The summed E-state index contributed by atoms with van der Waals surface area (Å²) < 4.78 is 0. The summed E-state index contributed by atoms with van der Waals surface area (Å²) in [5.41, 5.74) is 2.67. The van der Waals surface area contributed by atoms with E-state index in [0.717, 1.165) is 11.1 Å². The van der Waals surface area contributed by atoms with Crippen LogP contribution in [0.2, 0.25) is 0 Å². The van der Waals surface area contributed by atoms with Gasteiger partial charge in [-0.2, -0.15) is 0 Å². The summed E-state index contributed by atoms with van der Waals surface area (Å²) in [6.07, 6.45) is 0. The Balaban J connectivity index is 2.12. The van der Waals surface area contributed by atoms with Crippen molar-refractivity contribution >= 4 is 11.7 Å². The van der Waals surface area contributed by atoms with E-state index in [0.29, 0.717) is 12.2 Å². The third-order valence-electron chi connectivity index (χ3n) is 2.81. The standard InChI is InChI=1S/C15H15NO3/c17-10-12-5-3-4-11(8-12)9-16-14-7-2-1-6-13(14)15(18)19/h1-8,16-17H,9-10H2,(H,18,19). The highest BCUT2D eigenvalue weighted by Gasteiger charge is 2.08. The Bertz CT molecular complexity index is 581. The van der Waals surface area contributed by atoms with Gasteiger partial charge in [0.1, 0.15) is 0 Å². The van der Waals surface area contributed by atoms with Gasteiger partial charge < -0.3 is 15.5 Å². The lowest BCUT2D eigenvalue weighted by Crippen LogP contribution is -2.06. The van der Waals surface area contributed by atoms with Crippen LogP contribution in [0.5, 0.6) is 0 Å². The van der Waals surface area contributed by atoms with Gasteiger partial charge in [0, 0.05) is 12.2 Å². The van der Waals surface area contributed by atoms with E-state index in [9.17, 15) is 4.79 Å². The molecule has 2 aromatic carbocycles. The van der Waals surface area contributed by atoms with Crippen LogP contribution < -0.4 is 5.32 Å². The van der Waals surface area contributed by atoms with Crippen molar-refractivity contribution in [2.75, 3.05) is 5.32 Å². The van der Waals surface area contributed by atoms with Crippen LogP contribution in [0.3, 0.4) is 0 Å². The molecule has 0 atom stereocenters. The molecule has 0 saturated heterocycles. The number of benzene rings is 2. The summed E-state index contributed by atoms with van der Waals surface area (Å²) in [7, 11) is 0. The van der Waals surface area contributed by atoms with Gasteiger partial charge in [-0.25, -0.2) is 4.79 Å². The Kier molecular flexibility index (Phi) is 4.15. The van der Waals surface area contributed by atoms with Crippen LogP contribution in [0.25, 0.3) is 0 Å². The quantitative estimate of drug-likeness (QED) is 0.769. The fraction of sp³-hybridized carbons (Fsp3) is 0.133. The van der Waals surface area contributed by atoms with E-state index >= 15 is 0 Å². The van der Waals surface area contributed by atoms with Crippen LogP contribution in [0.4, 0.5) is 5.69 Å². The highest BCUT2D eigenvalue weighted by Crippen LogP contribution is 2.16. The number of nitrogens with one attached hydrogen (secondary N) is 1. The fourth-order valence-corrected chi connectivity index (χ4v) is 1.86. The van der Waals surface area contributed by atoms with Crippen LogP contribution >= 0.6 is 0 Å². The van der Waals surface area contributed by atoms with Gasteiger partial charge in [0.05, 0.1) is 12.2 Å². The second-order valence-corrected chi connectivity index (χ2v) is 4.18. The molecule has 0 aliphatic carbocycles. The van der Waals surface area contributed by atoms with E-state index in [-0.39, 0.29) is 12.2 Å². The van der Waals surface area contributed by atoms with E-state index in [1.54, 1.807) is 24.3 Å². The molecule has 0 aromatic heterocycles. The van der Waals surface area contributed by atoms with E-state index in [1.165, 1.54) is 0 Å². The second-order valence-electron chi connectivity index (χ2n) is 4.18. The van der Waals surface area contributed by atoms with Crippen molar-refractivity contribution in [3.8, 4) is 0 Å². The number of hydrogen-bond acceptors (Lipinski definition) is 3. The summed E-state index contributed by atoms with van der Waals surface area (Å²) in [6, 6.07) is 14.3. The molecule has 2 aromatic rings. The number of rotatable bonds is 5. The number of carboxylic acids is 1. The van der Waals surface area contributed by atoms with Gasteiger partial charge in [-0.05, 0) is 23.3 Å². The lowest BCUT2D eigenvalue weighted by atomic mass is 10.1. The molecule has 0 fully saturated rings. The summed E-state index contributed by atoms with van der Waals surface area (Å²) in [4.78, 5) is 11.1. The summed E-state index contributed by atoms with van der Waals surface area (Å²) in [5.74, 6) is -0.952. The number of anilines is 1. The highest BCUT2D eigenvalue weighted by molar-refractivity contribution is 5.94. The van der Waals surface area contributed by atoms with Gasteiger partial charge in [0.25, 0.3) is 0 Å². The molecule has 98 valence electrons. The van der Waals surface area contributed by atoms with Crippen molar-refractivity contribution < 1.29 is 15.0 Å². The monoisotopic (exact) mass is 257 g/mol. The minimum Gasteiger partial charge on any atom is -0.478 e. The molecule has 4 heteroatoms. The van der Waals surface area contributed by atoms with Crippen molar-refractivity contribution in [1.29, 1.82) is 0 Å². The lowest BCUT2D eigenvalue weighted by molar-refractivity contribution is 0.0698. The van der Waals surface area contributed by atoms with E-state index in [4.69, 9.17) is 10.2 Å². The molecule has 0 bridgehead atoms. The van der Waals surface area contributed by atoms with Crippen molar-refractivity contribution in [1.82, 2.24) is 0 Å². The minimum atomic E-state index is -0.952. The predicted octanol–water partition coefficient (Wildman–Crippen LogP) is 2.49. The number of carbonyl (C=O) groups is 1. The molecule has 19 heavy (non-hydrogen) atoms. The second kappa shape index (κ2) is 6.02. The molecule has 0 heterocycles. The molecular weight excluding hydrogens is 242 g/mol. The van der Waals surface area contributed by atoms with Gasteiger partial charge in [0.2, 0.25) is 0 Å². The van der Waals surface area contributed by atoms with Crippen molar-refractivity contribution in [2.24, 2.45) is 0 Å². The Hall–Kier alpha value is -2.33. The third-order valence-corrected chi connectivity index (χ3v) is 2.81. The van der Waals surface area contributed by atoms with Gasteiger partial charge in [0.15, 0.2) is 0 Å². The van der Waals surface area contributed by atoms with Crippen LogP contribution in [0.15, 0.2) is 48.5 Å². The fourth-order valence-electron chi connectivity index (χ4n) is 1.86. The number of aliphatic hydroxyl groups excluding tert-OH is 1. The number of aromatic carboxylic acids is 1. The van der Waals surface area contributed by atoms with Crippen LogP contribution in [0, 0.1) is 0 Å². The van der Waals surface area contributed by atoms with Gasteiger partial charge in [-0.1, -0.05) is 36.4 Å². The molecule has 4 nitrogen and oxygen atoms in total. The van der Waals surface area contributed by atoms with Gasteiger partial charge in [-0.15, -0.1) is 0 Å². The van der Waals surface area contributed by atoms with Gasteiger partial charge >= 0.3 is 5.97 Å². The van der Waals surface area contributed by atoms with Crippen LogP contribution in [0.1, 0.15) is 21.5 Å². The topological polar surface area (TPSA) is 69.6 Å². The number of aliphatic hydroxyl groups is 1. The molecule has 0 radical (unpaired) electrons. The molecular formula is C15H15NO3. The zero-order chi connectivity index (χ0) is 13.7. The third kappa shape index (κ3) is 3.33. The summed E-state index contributed by atoms with van der Waals surface area (Å²) in [6.45, 7) is 0.512. The van der Waals surface area contributed by atoms with E-state index in [1.807, 2.05) is 24.3 Å². The first-order valence-electron chi connectivity index (χ1n) is 5.95. The maximum Gasteiger partial charge on any atom is 0.337 e. The van der Waals surface area contributed by atoms with E-state index in [2.05, 4.69) is 5.32 Å². The highest BCUT2D eigenvalue weighted by atomic mass is 16.4. The maximum atomic E-state index is 11.1. The van der Waals surface area contributed by atoms with E-state index < -0.39 is 5.97 Å². The Morgan fingerprint density at radius 2 is 1.79 bits per heavy atom. The normalized spacial score (nSPS) is 10.2. The molecule has 0 amide bonds. The van der Waals surface area contributed by atoms with Crippen molar-refractivity contribution in [2.45, 2.75) is 13.2 Å². The number of para-hydroxylation sites is 1. The average Bonchev–Trinajstić information content (AvgIpc) is 2.45. The molecule has 0 saturated carbocycles. The van der Waals surface area contributed by atoms with Crippen molar-refractivity contribution in [3.63, 3.8) is 0 Å². The number of hydrogen-bond donors (Lipinski definition) is 3. The summed E-state index contributed by atoms with van der Waals surface area (Å²) >= 11 is 0. The first kappa shape index (κ1) is 13.1. The predicted molar refractivity (Wildman–Crippen MR) is 73.1 cm³/mol. The molecule has 0 aliphatic heterocycles. The molecule has 0 aliphatic rings. The first-order valence-corrected chi connectivity index (χ1v) is 5.95. The molecule has 0 spiro atoms. The first-order chi connectivity index (χ1) is 9.20. The summed E-state index contributed by atoms with van der Waals surface area (Å²) in [5, 5.41) is 21.2. The Morgan fingerprint density at radius 3 is 2.53 bits per heavy atom. The van der Waals surface area contributed by atoms with Crippen LogP contribution in [-0.2, 0) is 13.2 Å². The molecule has 3 N–H and O–H groups in total. The van der Waals surface area contributed by atoms with Crippen LogP contribution in [-0.4, -0.2) is 16.2 Å². The largest absolute Gasteiger partial charge is 0.478 e. The average molecular weight is 257 g/mol. The maximum absolute atomic E-state index is 11.1.